The van der Waals surface area contributed by atoms with E-state index in [9.17, 15) is 44.3 Å². The van der Waals surface area contributed by atoms with Crippen molar-refractivity contribution in [3.05, 3.63) is 29.8 Å². The van der Waals surface area contributed by atoms with Gasteiger partial charge in [-0.3, -0.25) is 39.2 Å². The number of nitrogens with one attached hydrogen (secondary N) is 4. The van der Waals surface area contributed by atoms with Gasteiger partial charge in [-0.05, 0) is 51.8 Å². The van der Waals surface area contributed by atoms with Crippen LogP contribution in [0.15, 0.2) is 24.3 Å². The summed E-state index contributed by atoms with van der Waals surface area (Å²) in [6.07, 6.45) is 1.26. The molecule has 0 bridgehead atoms. The number of amides is 6. The van der Waals surface area contributed by atoms with Crippen molar-refractivity contribution in [3.63, 3.8) is 0 Å². The van der Waals surface area contributed by atoms with Crippen LogP contribution in [0.25, 0.3) is 0 Å². The molecule has 4 unspecified atom stereocenters. The van der Waals surface area contributed by atoms with Crippen LogP contribution < -0.4 is 21.3 Å². The fourth-order valence-corrected chi connectivity index (χ4v) is 4.59. The Labute approximate surface area is 248 Å². The number of rotatable bonds is 14. The summed E-state index contributed by atoms with van der Waals surface area (Å²) in [5, 5.41) is 41.0. The van der Waals surface area contributed by atoms with Crippen LogP contribution in [0.1, 0.15) is 49.4 Å². The number of hydrogen-bond acceptors (Lipinski definition) is 10. The number of benzene rings is 1. The molecule has 0 aliphatic carbocycles. The fourth-order valence-electron chi connectivity index (χ4n) is 4.59. The molecule has 0 aromatic heterocycles. The molecule has 0 saturated carbocycles. The molecule has 0 radical (unpaired) electrons. The van der Waals surface area contributed by atoms with Gasteiger partial charge in [0.15, 0.2) is 0 Å². The van der Waals surface area contributed by atoms with Crippen LogP contribution in [0.3, 0.4) is 0 Å². The lowest BCUT2D eigenvalue weighted by Gasteiger charge is -2.29. The molecule has 2 saturated heterocycles. The Hall–Kier alpha value is -4.28. The Morgan fingerprint density at radius 2 is 1.86 bits per heavy atom. The van der Waals surface area contributed by atoms with Gasteiger partial charge in [0.25, 0.3) is 11.8 Å². The largest absolute Gasteiger partial charge is 0.507 e. The van der Waals surface area contributed by atoms with Crippen molar-refractivity contribution in [1.29, 1.82) is 0 Å². The minimum Gasteiger partial charge on any atom is -0.507 e. The molecule has 43 heavy (non-hydrogen) atoms. The maximum atomic E-state index is 12.5. The number of carbonyl (C=O) groups excluding carboxylic acids is 6. The Morgan fingerprint density at radius 1 is 1.14 bits per heavy atom. The average molecular weight is 606 g/mol. The van der Waals surface area contributed by atoms with Gasteiger partial charge in [0.1, 0.15) is 23.9 Å². The van der Waals surface area contributed by atoms with E-state index in [1.54, 1.807) is 19.2 Å². The number of aromatic hydroxyl groups is 1. The molecular weight excluding hydrogens is 566 g/mol. The van der Waals surface area contributed by atoms with Crippen LogP contribution in [-0.4, -0.2) is 123 Å². The minimum absolute atomic E-state index is 0.0746. The number of para-hydroxylation sites is 1. The first-order valence-electron chi connectivity index (χ1n) is 14.1. The van der Waals surface area contributed by atoms with Crippen LogP contribution >= 0.6 is 0 Å². The molecule has 2 heterocycles. The first-order chi connectivity index (χ1) is 20.4. The van der Waals surface area contributed by atoms with Crippen LogP contribution in [0.2, 0.25) is 0 Å². The number of carbonyl (C=O) groups is 6. The van der Waals surface area contributed by atoms with Crippen molar-refractivity contribution < 1.29 is 44.3 Å². The lowest BCUT2D eigenvalue weighted by Crippen LogP contribution is -2.54. The second-order valence-corrected chi connectivity index (χ2v) is 10.4. The first kappa shape index (κ1) is 33.2. The molecule has 4 atom stereocenters. The molecule has 7 N–H and O–H groups in total. The Balaban J connectivity index is 1.31. The smallest absolute Gasteiger partial charge is 0.268 e. The molecule has 6 amide bonds. The summed E-state index contributed by atoms with van der Waals surface area (Å²) in [6.45, 7) is 1.63. The van der Waals surface area contributed by atoms with Gasteiger partial charge in [0, 0.05) is 26.1 Å². The van der Waals surface area contributed by atoms with Crippen LogP contribution in [0.5, 0.6) is 5.75 Å². The van der Waals surface area contributed by atoms with E-state index < -0.39 is 59.6 Å². The second-order valence-electron chi connectivity index (χ2n) is 10.4. The normalized spacial score (nSPS) is 19.2. The number of hydroxylamine groups is 4. The lowest BCUT2D eigenvalue weighted by molar-refractivity contribution is -0.173. The Morgan fingerprint density at radius 3 is 2.56 bits per heavy atom. The zero-order valence-electron chi connectivity index (χ0n) is 24.1. The Kier molecular flexibility index (Phi) is 11.8. The second kappa shape index (κ2) is 15.3. The van der Waals surface area contributed by atoms with Crippen molar-refractivity contribution in [3.8, 4) is 5.75 Å². The highest BCUT2D eigenvalue weighted by Gasteiger charge is 2.45. The molecule has 3 rings (SSSR count). The molecule has 1 aromatic carbocycles. The van der Waals surface area contributed by atoms with E-state index >= 15 is 0 Å². The standard InChI is InChI=1S/C27H39N7O9/c1-16(30-25(39)20-15-32(20)26(40)17-7-3-4-10-21(17)35)23(37)29-12-11-22(36)33(42)13-5-8-18(28-2)24(38)31-19-9-6-14-34(43)27(19)41/h3-4,7,10,16,18-20,28,35,42-43H,5-6,8-9,11-15H2,1-2H3,(H,29,37)(H,30,39)(H,31,38). The fraction of sp³-hybridized carbons (Fsp3) is 0.556. The number of likely N-dealkylation sites (N-methyl/N-ethyl adjacent to an activating group) is 1. The van der Waals surface area contributed by atoms with E-state index in [1.165, 1.54) is 24.0 Å². The van der Waals surface area contributed by atoms with Gasteiger partial charge in [-0.15, -0.1) is 0 Å². The summed E-state index contributed by atoms with van der Waals surface area (Å²) in [6, 6.07) is 2.76. The van der Waals surface area contributed by atoms with Gasteiger partial charge >= 0.3 is 0 Å². The summed E-state index contributed by atoms with van der Waals surface area (Å²) in [4.78, 5) is 75.3. The maximum absolute atomic E-state index is 12.5. The van der Waals surface area contributed by atoms with E-state index in [2.05, 4.69) is 21.3 Å². The Bertz CT molecular complexity index is 1210. The lowest BCUT2D eigenvalue weighted by atomic mass is 10.0. The number of phenols is 1. The molecule has 236 valence electrons. The molecular formula is C27H39N7O9. The van der Waals surface area contributed by atoms with Crippen molar-refractivity contribution in [2.75, 3.05) is 33.2 Å². The summed E-state index contributed by atoms with van der Waals surface area (Å²) >= 11 is 0. The predicted octanol–water partition coefficient (Wildman–Crippen LogP) is -1.69. The summed E-state index contributed by atoms with van der Waals surface area (Å²) in [5.41, 5.74) is 0.0749. The number of nitrogens with zero attached hydrogens (tertiary/aromatic N) is 3. The van der Waals surface area contributed by atoms with E-state index in [1.807, 2.05) is 0 Å². The highest BCUT2D eigenvalue weighted by atomic mass is 16.5. The van der Waals surface area contributed by atoms with E-state index in [4.69, 9.17) is 0 Å². The molecule has 16 nitrogen and oxygen atoms in total. The average Bonchev–Trinajstić information content (AvgIpc) is 3.78. The quantitative estimate of drug-likeness (QED) is 0.0724. The number of piperidine rings is 1. The molecule has 2 aliphatic rings. The van der Waals surface area contributed by atoms with Gasteiger partial charge in [0.2, 0.25) is 23.6 Å². The SMILES string of the molecule is CNC(CCCN(O)C(=O)CCNC(=O)C(C)NC(=O)C1CN1C(=O)c1ccccc1O)C(=O)NC1CCCN(O)C1=O. The third-order valence-electron chi connectivity index (χ3n) is 7.25. The molecule has 16 heteroatoms. The number of phenolic OH excluding ortho intramolecular Hbond substituents is 1. The first-order valence-corrected chi connectivity index (χ1v) is 14.1. The van der Waals surface area contributed by atoms with Gasteiger partial charge in [-0.25, -0.2) is 10.1 Å². The maximum Gasteiger partial charge on any atom is 0.268 e. The van der Waals surface area contributed by atoms with Crippen LogP contribution in [0, 0.1) is 0 Å². The zero-order valence-corrected chi connectivity index (χ0v) is 24.1. The summed E-state index contributed by atoms with van der Waals surface area (Å²) in [7, 11) is 1.57. The van der Waals surface area contributed by atoms with Crippen LogP contribution in [-0.2, 0) is 24.0 Å². The molecule has 1 aromatic rings. The third-order valence-corrected chi connectivity index (χ3v) is 7.25. The molecule has 0 spiro atoms. The van der Waals surface area contributed by atoms with E-state index in [0.29, 0.717) is 23.0 Å². The minimum atomic E-state index is -0.954. The van der Waals surface area contributed by atoms with Crippen molar-refractivity contribution >= 4 is 35.4 Å². The van der Waals surface area contributed by atoms with Gasteiger partial charge < -0.3 is 31.3 Å². The highest BCUT2D eigenvalue weighted by molar-refractivity contribution is 6.03. The summed E-state index contributed by atoms with van der Waals surface area (Å²) < 4.78 is 0. The molecule has 2 fully saturated rings. The van der Waals surface area contributed by atoms with Crippen LogP contribution in [0.4, 0.5) is 0 Å². The highest BCUT2D eigenvalue weighted by Crippen LogP contribution is 2.25. The van der Waals surface area contributed by atoms with Gasteiger partial charge in [-0.2, -0.15) is 0 Å². The van der Waals surface area contributed by atoms with Gasteiger partial charge in [-0.1, -0.05) is 12.1 Å². The number of hydrogen-bond donors (Lipinski definition) is 7. The van der Waals surface area contributed by atoms with Crippen molar-refractivity contribution in [1.82, 2.24) is 36.3 Å². The van der Waals surface area contributed by atoms with E-state index in [0.717, 1.165) is 0 Å². The monoisotopic (exact) mass is 605 g/mol. The van der Waals surface area contributed by atoms with Crippen molar-refractivity contribution in [2.45, 2.75) is 63.2 Å². The zero-order chi connectivity index (χ0) is 31.7. The topological polar surface area (TPSA) is 221 Å². The predicted molar refractivity (Wildman–Crippen MR) is 148 cm³/mol. The summed E-state index contributed by atoms with van der Waals surface area (Å²) in [5.74, 6) is -3.45. The van der Waals surface area contributed by atoms with Crippen molar-refractivity contribution in [2.24, 2.45) is 0 Å². The third kappa shape index (κ3) is 9.10. The molecule has 2 aliphatic heterocycles. The van der Waals surface area contributed by atoms with E-state index in [-0.39, 0.29) is 56.8 Å². The van der Waals surface area contributed by atoms with Gasteiger partial charge in [0.05, 0.1) is 18.2 Å².